The molecule has 15 heavy (non-hydrogen) atoms. The van der Waals surface area contributed by atoms with Gasteiger partial charge in [-0.1, -0.05) is 12.2 Å². The van der Waals surface area contributed by atoms with E-state index in [1.165, 1.54) is 44.7 Å². The lowest BCUT2D eigenvalue weighted by atomic mass is 10.2. The van der Waals surface area contributed by atoms with Crippen molar-refractivity contribution in [1.82, 2.24) is 4.90 Å². The smallest absolute Gasteiger partial charge is 0.0962 e. The van der Waals surface area contributed by atoms with E-state index in [9.17, 15) is 0 Å². The van der Waals surface area contributed by atoms with Gasteiger partial charge < -0.3 is 9.64 Å². The predicted octanol–water partition coefficient (Wildman–Crippen LogP) is 2.72. The van der Waals surface area contributed by atoms with E-state index in [4.69, 9.17) is 4.74 Å². The maximum absolute atomic E-state index is 5.73. The Morgan fingerprint density at radius 3 is 2.87 bits per heavy atom. The van der Waals surface area contributed by atoms with E-state index in [2.05, 4.69) is 23.1 Å². The Morgan fingerprint density at radius 2 is 2.13 bits per heavy atom. The first kappa shape index (κ1) is 10.7. The lowest BCUT2D eigenvalue weighted by molar-refractivity contribution is 0.182. The van der Waals surface area contributed by atoms with Gasteiger partial charge in [0.2, 0.25) is 0 Å². The Kier molecular flexibility index (Phi) is 4.27. The topological polar surface area (TPSA) is 12.5 Å². The average Bonchev–Trinajstić information content (AvgIpc) is 2.79. The van der Waals surface area contributed by atoms with Crippen LogP contribution in [0.3, 0.4) is 0 Å². The summed E-state index contributed by atoms with van der Waals surface area (Å²) in [6.45, 7) is 4.69. The van der Waals surface area contributed by atoms with E-state index < -0.39 is 0 Å². The molecule has 0 aromatic rings. The molecule has 2 nitrogen and oxygen atoms in total. The van der Waals surface area contributed by atoms with Gasteiger partial charge in [0.1, 0.15) is 0 Å². The summed E-state index contributed by atoms with van der Waals surface area (Å²) in [5.41, 5.74) is 0. The number of hydrogen-bond acceptors (Lipinski definition) is 2. The molecule has 0 atom stereocenters. The van der Waals surface area contributed by atoms with Crippen LogP contribution in [0.15, 0.2) is 24.0 Å². The highest BCUT2D eigenvalue weighted by atomic mass is 16.5. The van der Waals surface area contributed by atoms with Gasteiger partial charge in [0, 0.05) is 13.0 Å². The van der Waals surface area contributed by atoms with Crippen molar-refractivity contribution < 1.29 is 4.74 Å². The molecule has 84 valence electrons. The number of allylic oxidation sites excluding steroid dienone is 4. The van der Waals surface area contributed by atoms with Crippen molar-refractivity contribution in [1.29, 1.82) is 0 Å². The summed E-state index contributed by atoms with van der Waals surface area (Å²) in [6, 6.07) is 0. The summed E-state index contributed by atoms with van der Waals surface area (Å²) in [7, 11) is 0. The van der Waals surface area contributed by atoms with Crippen LogP contribution in [0.25, 0.3) is 0 Å². The third-order valence-electron chi connectivity index (χ3n) is 3.08. The Labute approximate surface area is 92.6 Å². The lowest BCUT2D eigenvalue weighted by Gasteiger charge is -2.15. The molecule has 0 aromatic heterocycles. The first-order valence-electron chi connectivity index (χ1n) is 6.16. The third-order valence-corrected chi connectivity index (χ3v) is 3.08. The molecule has 1 fully saturated rings. The van der Waals surface area contributed by atoms with Crippen LogP contribution in [0.4, 0.5) is 0 Å². The van der Waals surface area contributed by atoms with Crippen LogP contribution in [0.1, 0.15) is 32.1 Å². The molecule has 1 heterocycles. The summed E-state index contributed by atoms with van der Waals surface area (Å²) in [6.07, 6.45) is 12.5. The largest absolute Gasteiger partial charge is 0.498 e. The van der Waals surface area contributed by atoms with Crippen LogP contribution in [-0.4, -0.2) is 31.1 Å². The highest BCUT2D eigenvalue weighted by Gasteiger charge is 2.10. The zero-order valence-electron chi connectivity index (χ0n) is 9.45. The second-order valence-corrected chi connectivity index (χ2v) is 4.35. The first-order valence-corrected chi connectivity index (χ1v) is 6.16. The van der Waals surface area contributed by atoms with Crippen LogP contribution in [0.2, 0.25) is 0 Å². The fraction of sp³-hybridized carbons (Fsp3) is 0.692. The van der Waals surface area contributed by atoms with Gasteiger partial charge in [-0.25, -0.2) is 0 Å². The summed E-state index contributed by atoms with van der Waals surface area (Å²) < 4.78 is 5.73. The van der Waals surface area contributed by atoms with Crippen molar-refractivity contribution in [3.8, 4) is 0 Å². The van der Waals surface area contributed by atoms with Gasteiger partial charge >= 0.3 is 0 Å². The second kappa shape index (κ2) is 5.96. The first-order chi connectivity index (χ1) is 7.45. The number of hydrogen-bond donors (Lipinski definition) is 0. The molecule has 2 rings (SSSR count). The molecule has 0 bridgehead atoms. The monoisotopic (exact) mass is 207 g/mol. The van der Waals surface area contributed by atoms with Gasteiger partial charge in [0.05, 0.1) is 12.4 Å². The highest BCUT2D eigenvalue weighted by molar-refractivity contribution is 5.12. The summed E-state index contributed by atoms with van der Waals surface area (Å²) in [5.74, 6) is 1.17. The molecule has 0 spiro atoms. The van der Waals surface area contributed by atoms with E-state index in [-0.39, 0.29) is 0 Å². The maximum atomic E-state index is 5.73. The van der Waals surface area contributed by atoms with Crippen LogP contribution in [0.5, 0.6) is 0 Å². The van der Waals surface area contributed by atoms with Gasteiger partial charge in [-0.05, 0) is 44.8 Å². The molecule has 0 aromatic carbocycles. The van der Waals surface area contributed by atoms with E-state index in [0.29, 0.717) is 0 Å². The number of nitrogens with zero attached hydrogens (tertiary/aromatic N) is 1. The highest BCUT2D eigenvalue weighted by Crippen LogP contribution is 2.13. The Hall–Kier alpha value is -0.760. The molecule has 1 aliphatic carbocycles. The van der Waals surface area contributed by atoms with Gasteiger partial charge in [-0.2, -0.15) is 0 Å². The minimum absolute atomic E-state index is 0.885. The molecule has 1 aliphatic heterocycles. The SMILES string of the molecule is C1=CCCC(OCCCN2CCCC2)=C1. The lowest BCUT2D eigenvalue weighted by Crippen LogP contribution is -2.21. The second-order valence-electron chi connectivity index (χ2n) is 4.35. The predicted molar refractivity (Wildman–Crippen MR) is 62.7 cm³/mol. The summed E-state index contributed by atoms with van der Waals surface area (Å²) >= 11 is 0. The Bertz CT molecular complexity index is 239. The molecule has 2 heteroatoms. The fourth-order valence-electron chi connectivity index (χ4n) is 2.20. The number of ether oxygens (including phenoxy) is 1. The minimum atomic E-state index is 0.885. The van der Waals surface area contributed by atoms with Crippen molar-refractivity contribution in [3.05, 3.63) is 24.0 Å². The Morgan fingerprint density at radius 1 is 1.27 bits per heavy atom. The normalized spacial score (nSPS) is 21.7. The minimum Gasteiger partial charge on any atom is -0.498 e. The third kappa shape index (κ3) is 3.71. The van der Waals surface area contributed by atoms with Gasteiger partial charge in [0.15, 0.2) is 0 Å². The quantitative estimate of drug-likeness (QED) is 0.643. The Balaban J connectivity index is 1.54. The van der Waals surface area contributed by atoms with Crippen molar-refractivity contribution in [2.24, 2.45) is 0 Å². The molecule has 2 aliphatic rings. The van der Waals surface area contributed by atoms with Crippen molar-refractivity contribution >= 4 is 0 Å². The average molecular weight is 207 g/mol. The van der Waals surface area contributed by atoms with Crippen LogP contribution in [-0.2, 0) is 4.74 Å². The van der Waals surface area contributed by atoms with E-state index in [1.54, 1.807) is 0 Å². The zero-order valence-corrected chi connectivity index (χ0v) is 9.45. The van der Waals surface area contributed by atoms with Gasteiger partial charge in [-0.3, -0.25) is 0 Å². The molecule has 0 unspecified atom stereocenters. The molecular weight excluding hydrogens is 186 g/mol. The number of rotatable bonds is 5. The maximum Gasteiger partial charge on any atom is 0.0962 e. The molecule has 0 amide bonds. The van der Waals surface area contributed by atoms with E-state index >= 15 is 0 Å². The van der Waals surface area contributed by atoms with E-state index in [0.717, 1.165) is 19.4 Å². The van der Waals surface area contributed by atoms with Crippen LogP contribution in [0, 0.1) is 0 Å². The molecule has 0 N–H and O–H groups in total. The van der Waals surface area contributed by atoms with Crippen molar-refractivity contribution in [2.45, 2.75) is 32.1 Å². The van der Waals surface area contributed by atoms with E-state index in [1.807, 2.05) is 0 Å². The van der Waals surface area contributed by atoms with Gasteiger partial charge in [0.25, 0.3) is 0 Å². The summed E-state index contributed by atoms with van der Waals surface area (Å²) in [4.78, 5) is 2.54. The van der Waals surface area contributed by atoms with Gasteiger partial charge in [-0.15, -0.1) is 0 Å². The van der Waals surface area contributed by atoms with Crippen molar-refractivity contribution in [2.75, 3.05) is 26.2 Å². The van der Waals surface area contributed by atoms with Crippen molar-refractivity contribution in [3.63, 3.8) is 0 Å². The molecule has 1 saturated heterocycles. The zero-order chi connectivity index (χ0) is 10.3. The molecular formula is C13H21NO. The number of likely N-dealkylation sites (tertiary alicyclic amines) is 1. The summed E-state index contributed by atoms with van der Waals surface area (Å²) in [5, 5.41) is 0. The standard InChI is InChI=1S/C13H21NO/c1-2-7-13(8-3-1)15-12-6-11-14-9-4-5-10-14/h1-2,7H,3-6,8-12H2. The van der Waals surface area contributed by atoms with Crippen LogP contribution < -0.4 is 0 Å². The molecule has 0 saturated carbocycles. The fourth-order valence-corrected chi connectivity index (χ4v) is 2.20. The van der Waals surface area contributed by atoms with Crippen LogP contribution >= 0.6 is 0 Å². The molecule has 0 radical (unpaired) electrons.